The van der Waals surface area contributed by atoms with Crippen molar-refractivity contribution in [3.8, 4) is 11.5 Å². The maximum absolute atomic E-state index is 12.4. The van der Waals surface area contributed by atoms with E-state index in [0.717, 1.165) is 22.9 Å². The van der Waals surface area contributed by atoms with Crippen molar-refractivity contribution in [2.24, 2.45) is 0 Å². The highest BCUT2D eigenvalue weighted by Crippen LogP contribution is 2.39. The molecular weight excluding hydrogens is 454 g/mol. The van der Waals surface area contributed by atoms with Gasteiger partial charge in [-0.05, 0) is 64.0 Å². The van der Waals surface area contributed by atoms with E-state index >= 15 is 0 Å². The first-order chi connectivity index (χ1) is 14.0. The Morgan fingerprint density at radius 1 is 1.17 bits per heavy atom. The number of carbonyl (C=O) groups is 2. The molecule has 0 aromatic heterocycles. The second-order valence-corrected chi connectivity index (χ2v) is 7.97. The van der Waals surface area contributed by atoms with E-state index in [9.17, 15) is 9.59 Å². The first kappa shape index (κ1) is 21.2. The molecule has 0 aliphatic carbocycles. The molecule has 2 aromatic rings. The first-order valence-electron chi connectivity index (χ1n) is 9.02. The summed E-state index contributed by atoms with van der Waals surface area (Å²) >= 11 is 4.45. The standard InChI is InChI=1S/C22H20BrNO4S/c1-3-10-24-21(25)19(29-22(24)26)13-16-11-17(23)20(18(12-16)27-4-2)28-14-15-8-6-5-7-9-15/h3,5-9,11-13H,1,4,10,14H2,2H3/b19-13+. The number of nitrogens with zero attached hydrogens (tertiary/aromatic N) is 1. The van der Waals surface area contributed by atoms with Gasteiger partial charge in [0.05, 0.1) is 16.0 Å². The van der Waals surface area contributed by atoms with E-state index in [2.05, 4.69) is 22.5 Å². The minimum absolute atomic E-state index is 0.197. The quantitative estimate of drug-likeness (QED) is 0.366. The molecule has 2 aromatic carbocycles. The normalized spacial score (nSPS) is 15.1. The van der Waals surface area contributed by atoms with Crippen LogP contribution in [0.15, 0.2) is 64.5 Å². The zero-order chi connectivity index (χ0) is 20.8. The van der Waals surface area contributed by atoms with Crippen LogP contribution >= 0.6 is 27.7 Å². The van der Waals surface area contributed by atoms with Gasteiger partial charge < -0.3 is 9.47 Å². The molecule has 1 aliphatic heterocycles. The Balaban J connectivity index is 1.87. The lowest BCUT2D eigenvalue weighted by atomic mass is 10.1. The topological polar surface area (TPSA) is 55.8 Å². The predicted molar refractivity (Wildman–Crippen MR) is 119 cm³/mol. The average molecular weight is 474 g/mol. The van der Waals surface area contributed by atoms with Gasteiger partial charge in [0.2, 0.25) is 0 Å². The Bertz CT molecular complexity index is 959. The number of halogens is 1. The molecule has 0 N–H and O–H groups in total. The fourth-order valence-corrected chi connectivity index (χ4v) is 4.16. The zero-order valence-electron chi connectivity index (χ0n) is 15.9. The Hall–Kier alpha value is -2.51. The van der Waals surface area contributed by atoms with E-state index in [0.29, 0.717) is 34.1 Å². The summed E-state index contributed by atoms with van der Waals surface area (Å²) in [6.45, 7) is 6.54. The van der Waals surface area contributed by atoms with Crippen molar-refractivity contribution in [1.82, 2.24) is 4.90 Å². The number of rotatable bonds is 8. The van der Waals surface area contributed by atoms with E-state index in [1.807, 2.05) is 43.3 Å². The molecule has 0 spiro atoms. The van der Waals surface area contributed by atoms with Gasteiger partial charge in [-0.2, -0.15) is 0 Å². The van der Waals surface area contributed by atoms with Crippen molar-refractivity contribution in [3.05, 3.63) is 75.6 Å². The van der Waals surface area contributed by atoms with Crippen molar-refractivity contribution in [3.63, 3.8) is 0 Å². The van der Waals surface area contributed by atoms with Gasteiger partial charge in [0, 0.05) is 6.54 Å². The number of benzene rings is 2. The van der Waals surface area contributed by atoms with Gasteiger partial charge >= 0.3 is 0 Å². The van der Waals surface area contributed by atoms with E-state index in [-0.39, 0.29) is 17.7 Å². The molecule has 0 radical (unpaired) electrons. The Morgan fingerprint density at radius 2 is 1.93 bits per heavy atom. The van der Waals surface area contributed by atoms with Crippen LogP contribution in [0.3, 0.4) is 0 Å². The molecular formula is C22H20BrNO4S. The van der Waals surface area contributed by atoms with Crippen LogP contribution in [0.4, 0.5) is 4.79 Å². The first-order valence-corrected chi connectivity index (χ1v) is 10.6. The fourth-order valence-electron chi connectivity index (χ4n) is 2.74. The van der Waals surface area contributed by atoms with Crippen LogP contribution in [-0.4, -0.2) is 29.2 Å². The van der Waals surface area contributed by atoms with Crippen LogP contribution < -0.4 is 9.47 Å². The minimum Gasteiger partial charge on any atom is -0.490 e. The molecule has 0 bridgehead atoms. The third-order valence-corrected chi connectivity index (χ3v) is 5.54. The van der Waals surface area contributed by atoms with Crippen LogP contribution in [0, 0.1) is 0 Å². The molecule has 0 saturated carbocycles. The summed E-state index contributed by atoms with van der Waals surface area (Å²) in [6.07, 6.45) is 3.21. The lowest BCUT2D eigenvalue weighted by Crippen LogP contribution is -2.27. The molecule has 1 fully saturated rings. The number of hydrogen-bond acceptors (Lipinski definition) is 5. The van der Waals surface area contributed by atoms with Gasteiger partial charge in [-0.3, -0.25) is 14.5 Å². The summed E-state index contributed by atoms with van der Waals surface area (Å²) < 4.78 is 12.4. The summed E-state index contributed by atoms with van der Waals surface area (Å²) in [7, 11) is 0. The third kappa shape index (κ3) is 5.10. The summed E-state index contributed by atoms with van der Waals surface area (Å²) in [4.78, 5) is 26.0. The smallest absolute Gasteiger partial charge is 0.293 e. The van der Waals surface area contributed by atoms with Crippen LogP contribution in [0.1, 0.15) is 18.1 Å². The van der Waals surface area contributed by atoms with Gasteiger partial charge in [-0.25, -0.2) is 0 Å². The van der Waals surface area contributed by atoms with Crippen molar-refractivity contribution in [2.45, 2.75) is 13.5 Å². The molecule has 29 heavy (non-hydrogen) atoms. The monoisotopic (exact) mass is 473 g/mol. The maximum atomic E-state index is 12.4. The van der Waals surface area contributed by atoms with Crippen molar-refractivity contribution in [2.75, 3.05) is 13.2 Å². The zero-order valence-corrected chi connectivity index (χ0v) is 18.3. The van der Waals surface area contributed by atoms with Crippen LogP contribution in [-0.2, 0) is 11.4 Å². The number of imide groups is 1. The predicted octanol–water partition coefficient (Wildman–Crippen LogP) is 5.65. The highest BCUT2D eigenvalue weighted by molar-refractivity contribution is 9.10. The third-order valence-electron chi connectivity index (χ3n) is 4.04. The van der Waals surface area contributed by atoms with Crippen LogP contribution in [0.5, 0.6) is 11.5 Å². The van der Waals surface area contributed by atoms with Gasteiger partial charge in [0.25, 0.3) is 11.1 Å². The van der Waals surface area contributed by atoms with Crippen molar-refractivity contribution in [1.29, 1.82) is 0 Å². The number of amides is 2. The lowest BCUT2D eigenvalue weighted by molar-refractivity contribution is -0.122. The number of carbonyl (C=O) groups excluding carboxylic acids is 2. The molecule has 3 rings (SSSR count). The fraction of sp³-hybridized carbons (Fsp3) is 0.182. The Labute approximate surface area is 182 Å². The molecule has 1 saturated heterocycles. The van der Waals surface area contributed by atoms with E-state index < -0.39 is 0 Å². The second kappa shape index (κ2) is 9.80. The second-order valence-electron chi connectivity index (χ2n) is 6.12. The summed E-state index contributed by atoms with van der Waals surface area (Å²) in [5.74, 6) is 0.834. The van der Waals surface area contributed by atoms with Crippen LogP contribution in [0.2, 0.25) is 0 Å². The average Bonchev–Trinajstić information content (AvgIpc) is 2.96. The lowest BCUT2D eigenvalue weighted by Gasteiger charge is -2.15. The summed E-state index contributed by atoms with van der Waals surface area (Å²) in [5.41, 5.74) is 1.78. The van der Waals surface area contributed by atoms with Gasteiger partial charge in [0.15, 0.2) is 11.5 Å². The highest BCUT2D eigenvalue weighted by atomic mass is 79.9. The summed E-state index contributed by atoms with van der Waals surface area (Å²) in [6, 6.07) is 13.5. The molecule has 1 aliphatic rings. The molecule has 2 amide bonds. The molecule has 7 heteroatoms. The molecule has 5 nitrogen and oxygen atoms in total. The SMILES string of the molecule is C=CCN1C(=O)S/C(=C/c2cc(Br)c(OCc3ccccc3)c(OCC)c2)C1=O. The van der Waals surface area contributed by atoms with E-state index in [4.69, 9.17) is 9.47 Å². The summed E-state index contributed by atoms with van der Waals surface area (Å²) in [5, 5.41) is -0.298. The van der Waals surface area contributed by atoms with Gasteiger partial charge in [0.1, 0.15) is 6.61 Å². The van der Waals surface area contributed by atoms with Gasteiger partial charge in [-0.15, -0.1) is 6.58 Å². The number of hydrogen-bond donors (Lipinski definition) is 0. The maximum Gasteiger partial charge on any atom is 0.293 e. The van der Waals surface area contributed by atoms with Crippen molar-refractivity contribution < 1.29 is 19.1 Å². The molecule has 0 atom stereocenters. The van der Waals surface area contributed by atoms with Gasteiger partial charge in [-0.1, -0.05) is 36.4 Å². The van der Waals surface area contributed by atoms with E-state index in [1.54, 1.807) is 12.1 Å². The highest BCUT2D eigenvalue weighted by Gasteiger charge is 2.34. The van der Waals surface area contributed by atoms with Crippen LogP contribution in [0.25, 0.3) is 6.08 Å². The van der Waals surface area contributed by atoms with E-state index in [1.165, 1.54) is 11.0 Å². The number of thioether (sulfide) groups is 1. The minimum atomic E-state index is -0.321. The largest absolute Gasteiger partial charge is 0.490 e. The van der Waals surface area contributed by atoms with Crippen molar-refractivity contribution >= 4 is 44.9 Å². The Morgan fingerprint density at radius 3 is 2.62 bits per heavy atom. The molecule has 1 heterocycles. The Kier molecular flexibility index (Phi) is 7.17. The molecule has 0 unspecified atom stereocenters. The molecule has 150 valence electrons. The number of ether oxygens (including phenoxy) is 2.